The number of methoxy groups -OCH3 is 3. The van der Waals surface area contributed by atoms with Gasteiger partial charge in [-0.3, -0.25) is 9.59 Å². The highest BCUT2D eigenvalue weighted by atomic mass is 79.9. The summed E-state index contributed by atoms with van der Waals surface area (Å²) in [5.41, 5.74) is -1.09. The van der Waals surface area contributed by atoms with Crippen LogP contribution >= 0.6 is 15.9 Å². The molecule has 0 aliphatic carbocycles. The van der Waals surface area contributed by atoms with Crippen LogP contribution in [-0.4, -0.2) is 45.2 Å². The molecule has 6 nitrogen and oxygen atoms in total. The van der Waals surface area contributed by atoms with Crippen LogP contribution in [0, 0.1) is 0 Å². The summed E-state index contributed by atoms with van der Waals surface area (Å²) in [5.74, 6) is -0.366. The second-order valence-corrected chi connectivity index (χ2v) is 5.77. The van der Waals surface area contributed by atoms with Crippen molar-refractivity contribution in [1.29, 1.82) is 0 Å². The number of carbonyl (C=O) groups excluding carboxylic acids is 2. The fraction of sp³-hybridized carbons (Fsp3) is 0.529. The number of alkyl halides is 1. The van der Waals surface area contributed by atoms with Crippen LogP contribution in [0.2, 0.25) is 0 Å². The Hall–Kier alpha value is -1.76. The van der Waals surface area contributed by atoms with Gasteiger partial charge in [-0.25, -0.2) is 0 Å². The van der Waals surface area contributed by atoms with Crippen LogP contribution in [0.1, 0.15) is 25.3 Å². The lowest BCUT2D eigenvalue weighted by Gasteiger charge is -2.29. The third-order valence-corrected chi connectivity index (χ3v) is 4.28. The van der Waals surface area contributed by atoms with Crippen LogP contribution in [0.5, 0.6) is 11.5 Å². The highest BCUT2D eigenvalue weighted by Crippen LogP contribution is 2.38. The van der Waals surface area contributed by atoms with E-state index in [4.69, 9.17) is 18.9 Å². The van der Waals surface area contributed by atoms with E-state index >= 15 is 0 Å². The first-order chi connectivity index (χ1) is 11.5. The average molecular weight is 403 g/mol. The van der Waals surface area contributed by atoms with Crippen molar-refractivity contribution in [3.05, 3.63) is 23.8 Å². The normalized spacial score (nSPS) is 12.9. The molecule has 0 amide bonds. The Morgan fingerprint density at radius 3 is 2.25 bits per heavy atom. The van der Waals surface area contributed by atoms with E-state index in [1.54, 1.807) is 25.1 Å². The van der Waals surface area contributed by atoms with Crippen molar-refractivity contribution < 1.29 is 28.5 Å². The molecule has 134 valence electrons. The van der Waals surface area contributed by atoms with Gasteiger partial charge in [0.05, 0.1) is 27.9 Å². The van der Waals surface area contributed by atoms with E-state index < -0.39 is 17.4 Å². The zero-order chi connectivity index (χ0) is 18.2. The van der Waals surface area contributed by atoms with Crippen LogP contribution in [-0.2, 0) is 24.5 Å². The molecule has 0 aromatic heterocycles. The molecular formula is C17H23BrO6. The predicted molar refractivity (Wildman–Crippen MR) is 92.9 cm³/mol. The van der Waals surface area contributed by atoms with Crippen molar-refractivity contribution in [3.8, 4) is 11.5 Å². The Balaban J connectivity index is 3.54. The number of ether oxygens (including phenoxy) is 4. The van der Waals surface area contributed by atoms with Gasteiger partial charge < -0.3 is 18.9 Å². The maximum atomic E-state index is 12.7. The smallest absolute Gasteiger partial charge is 0.328 e. The van der Waals surface area contributed by atoms with Crippen LogP contribution in [0.15, 0.2) is 18.2 Å². The highest BCUT2D eigenvalue weighted by molar-refractivity contribution is 9.09. The molecule has 0 radical (unpaired) electrons. The summed E-state index contributed by atoms with van der Waals surface area (Å²) in [7, 11) is 4.26. The zero-order valence-corrected chi connectivity index (χ0v) is 16.0. The molecule has 0 spiro atoms. The molecule has 0 fully saturated rings. The number of rotatable bonds is 9. The monoisotopic (exact) mass is 402 g/mol. The van der Waals surface area contributed by atoms with Crippen LogP contribution < -0.4 is 9.47 Å². The molecule has 0 aliphatic rings. The summed E-state index contributed by atoms with van der Waals surface area (Å²) in [6.07, 6.45) is 0.835. The van der Waals surface area contributed by atoms with Crippen molar-refractivity contribution in [1.82, 2.24) is 0 Å². The first kappa shape index (κ1) is 20.3. The van der Waals surface area contributed by atoms with Crippen molar-refractivity contribution in [2.24, 2.45) is 0 Å². The number of hydrogen-bond donors (Lipinski definition) is 0. The predicted octanol–water partition coefficient (Wildman–Crippen LogP) is 2.85. The maximum absolute atomic E-state index is 12.7. The molecule has 0 aliphatic heterocycles. The summed E-state index contributed by atoms with van der Waals surface area (Å²) < 4.78 is 20.6. The van der Waals surface area contributed by atoms with E-state index in [2.05, 4.69) is 15.9 Å². The van der Waals surface area contributed by atoms with Gasteiger partial charge in [-0.2, -0.15) is 0 Å². The van der Waals surface area contributed by atoms with Gasteiger partial charge >= 0.3 is 11.9 Å². The van der Waals surface area contributed by atoms with E-state index in [9.17, 15) is 9.59 Å². The van der Waals surface area contributed by atoms with Gasteiger partial charge in [-0.05, 0) is 37.5 Å². The maximum Gasteiger partial charge on any atom is 0.328 e. The molecule has 7 heteroatoms. The van der Waals surface area contributed by atoms with Gasteiger partial charge in [0, 0.05) is 5.33 Å². The first-order valence-electron chi connectivity index (χ1n) is 7.55. The molecule has 0 saturated heterocycles. The van der Waals surface area contributed by atoms with Gasteiger partial charge in [-0.1, -0.05) is 22.0 Å². The van der Waals surface area contributed by atoms with Crippen molar-refractivity contribution in [3.63, 3.8) is 0 Å². The van der Waals surface area contributed by atoms with Crippen LogP contribution in [0.3, 0.4) is 0 Å². The molecule has 1 rings (SSSR count). The molecule has 1 unspecified atom stereocenters. The molecule has 1 aromatic rings. The summed E-state index contributed by atoms with van der Waals surface area (Å²) in [6.45, 7) is 1.86. The lowest BCUT2D eigenvalue weighted by molar-refractivity contribution is -0.164. The van der Waals surface area contributed by atoms with Gasteiger partial charge in [0.2, 0.25) is 0 Å². The number of esters is 2. The Morgan fingerprint density at radius 1 is 1.08 bits per heavy atom. The number of carbonyl (C=O) groups is 2. The van der Waals surface area contributed by atoms with Gasteiger partial charge in [-0.15, -0.1) is 0 Å². The molecule has 0 N–H and O–H groups in total. The van der Waals surface area contributed by atoms with Crippen molar-refractivity contribution >= 4 is 27.9 Å². The Labute approximate surface area is 150 Å². The minimum absolute atomic E-state index is 0.166. The average Bonchev–Trinajstić information content (AvgIpc) is 2.61. The van der Waals surface area contributed by atoms with Crippen LogP contribution in [0.25, 0.3) is 0 Å². The molecule has 1 aromatic carbocycles. The standard InChI is InChI=1S/C17H23BrO6/c1-5-24-16(20)17(9-6-10-18,15(19)23-4)12-7-8-13(21-2)14(11-12)22-3/h7-8,11H,5-6,9-10H2,1-4H3. The fourth-order valence-electron chi connectivity index (χ4n) is 2.53. The summed E-state index contributed by atoms with van der Waals surface area (Å²) in [6, 6.07) is 4.92. The highest BCUT2D eigenvalue weighted by Gasteiger charge is 2.50. The number of benzene rings is 1. The molecule has 24 heavy (non-hydrogen) atoms. The lowest BCUT2D eigenvalue weighted by Crippen LogP contribution is -2.46. The minimum atomic E-state index is -1.54. The molecule has 1 atom stereocenters. The largest absolute Gasteiger partial charge is 0.493 e. The van der Waals surface area contributed by atoms with E-state index in [1.165, 1.54) is 21.3 Å². The van der Waals surface area contributed by atoms with Crippen molar-refractivity contribution in [2.75, 3.05) is 33.3 Å². The van der Waals surface area contributed by atoms with Gasteiger partial charge in [0.1, 0.15) is 0 Å². The first-order valence-corrected chi connectivity index (χ1v) is 8.68. The quantitative estimate of drug-likeness (QED) is 0.359. The zero-order valence-electron chi connectivity index (χ0n) is 14.4. The Morgan fingerprint density at radius 2 is 1.75 bits per heavy atom. The fourth-order valence-corrected chi connectivity index (χ4v) is 2.81. The van der Waals surface area contributed by atoms with E-state index in [-0.39, 0.29) is 13.0 Å². The number of halogens is 1. The minimum Gasteiger partial charge on any atom is -0.493 e. The molecule has 0 bridgehead atoms. The Kier molecular flexibility index (Phi) is 8.04. The summed E-state index contributed by atoms with van der Waals surface area (Å²) in [5, 5.41) is 0.637. The summed E-state index contributed by atoms with van der Waals surface area (Å²) >= 11 is 3.34. The third kappa shape index (κ3) is 4.01. The summed E-state index contributed by atoms with van der Waals surface area (Å²) in [4.78, 5) is 25.3. The molecule has 0 heterocycles. The Bertz CT molecular complexity index is 574. The van der Waals surface area contributed by atoms with Gasteiger partial charge in [0.15, 0.2) is 16.9 Å². The van der Waals surface area contributed by atoms with E-state index in [0.29, 0.717) is 28.8 Å². The second kappa shape index (κ2) is 9.52. The van der Waals surface area contributed by atoms with Crippen molar-refractivity contribution in [2.45, 2.75) is 25.2 Å². The lowest BCUT2D eigenvalue weighted by atomic mass is 9.76. The topological polar surface area (TPSA) is 71.1 Å². The molecular weight excluding hydrogens is 380 g/mol. The third-order valence-electron chi connectivity index (χ3n) is 3.72. The van der Waals surface area contributed by atoms with Crippen LogP contribution in [0.4, 0.5) is 0 Å². The van der Waals surface area contributed by atoms with E-state index in [0.717, 1.165) is 0 Å². The van der Waals surface area contributed by atoms with Gasteiger partial charge in [0.25, 0.3) is 0 Å². The number of hydrogen-bond acceptors (Lipinski definition) is 6. The SMILES string of the molecule is CCOC(=O)C(CCCBr)(C(=O)OC)c1ccc(OC)c(OC)c1. The second-order valence-electron chi connectivity index (χ2n) is 4.98. The molecule has 0 saturated carbocycles. The van der Waals surface area contributed by atoms with E-state index in [1.807, 2.05) is 0 Å².